The first-order chi connectivity index (χ1) is 16.9. The zero-order chi connectivity index (χ0) is 24.9. The lowest BCUT2D eigenvalue weighted by Gasteiger charge is -2.30. The van der Waals surface area contributed by atoms with Gasteiger partial charge in [-0.3, -0.25) is 14.2 Å². The number of hydrogen-bond donors (Lipinski definition) is 0. The van der Waals surface area contributed by atoms with Crippen LogP contribution in [0.5, 0.6) is 5.75 Å². The van der Waals surface area contributed by atoms with Gasteiger partial charge in [0.15, 0.2) is 0 Å². The average molecular weight is 474 g/mol. The first kappa shape index (κ1) is 24.1. The first-order valence-corrected chi connectivity index (χ1v) is 11.8. The number of aromatic nitrogens is 2. The highest BCUT2D eigenvalue weighted by atomic mass is 19.1. The number of amides is 1. The number of nitrogens with zero attached hydrogens (tertiary/aromatic N) is 3. The standard InChI is InChI=1S/C28H28FN3O3/c1-4-17-31(27(33)20-9-8-10-21(29)18-20)19(3)26-30-25-12-7-6-11-24(25)28(34)32(26)22-13-15-23(16-14-22)35-5-2/h6-16,18-19H,4-5,17H2,1-3H3. The molecular formula is C28H28FN3O3. The summed E-state index contributed by atoms with van der Waals surface area (Å²) in [5.74, 6) is 0.326. The molecule has 4 aromatic rings. The monoisotopic (exact) mass is 473 g/mol. The summed E-state index contributed by atoms with van der Waals surface area (Å²) in [6.07, 6.45) is 0.687. The molecule has 6 nitrogen and oxygen atoms in total. The van der Waals surface area contributed by atoms with Crippen LogP contribution in [-0.2, 0) is 0 Å². The molecular weight excluding hydrogens is 445 g/mol. The van der Waals surface area contributed by atoms with E-state index in [0.717, 1.165) is 0 Å². The zero-order valence-corrected chi connectivity index (χ0v) is 20.1. The number of hydrogen-bond acceptors (Lipinski definition) is 4. The highest BCUT2D eigenvalue weighted by molar-refractivity contribution is 5.94. The molecule has 35 heavy (non-hydrogen) atoms. The molecule has 1 heterocycles. The van der Waals surface area contributed by atoms with Gasteiger partial charge in [-0.1, -0.05) is 25.1 Å². The molecule has 3 aromatic carbocycles. The molecule has 7 heteroatoms. The number of para-hydroxylation sites is 1. The van der Waals surface area contributed by atoms with Crippen LogP contribution in [0, 0.1) is 5.82 Å². The lowest BCUT2D eigenvalue weighted by atomic mass is 10.1. The number of benzene rings is 3. The second kappa shape index (κ2) is 10.5. The maximum Gasteiger partial charge on any atom is 0.266 e. The Labute approximate surface area is 203 Å². The molecule has 1 unspecified atom stereocenters. The second-order valence-corrected chi connectivity index (χ2v) is 8.24. The van der Waals surface area contributed by atoms with E-state index < -0.39 is 11.9 Å². The summed E-state index contributed by atoms with van der Waals surface area (Å²) in [5.41, 5.74) is 1.20. The van der Waals surface area contributed by atoms with E-state index in [-0.39, 0.29) is 17.0 Å². The Kier molecular flexibility index (Phi) is 7.25. The molecule has 0 aliphatic rings. The Hall–Kier alpha value is -4.00. The molecule has 0 aliphatic heterocycles. The van der Waals surface area contributed by atoms with Crippen molar-refractivity contribution in [2.24, 2.45) is 0 Å². The summed E-state index contributed by atoms with van der Waals surface area (Å²) in [6, 6.07) is 19.4. The first-order valence-electron chi connectivity index (χ1n) is 11.8. The quantitative estimate of drug-likeness (QED) is 0.337. The Morgan fingerprint density at radius 1 is 1.06 bits per heavy atom. The Morgan fingerprint density at radius 3 is 2.49 bits per heavy atom. The number of carbonyl (C=O) groups excluding carboxylic acids is 1. The smallest absolute Gasteiger partial charge is 0.266 e. The van der Waals surface area contributed by atoms with Crippen molar-refractivity contribution < 1.29 is 13.9 Å². The van der Waals surface area contributed by atoms with Crippen LogP contribution in [0.2, 0.25) is 0 Å². The number of fused-ring (bicyclic) bond motifs is 1. The SMILES string of the molecule is CCCN(C(=O)c1cccc(F)c1)C(C)c1nc2ccccc2c(=O)n1-c1ccc(OCC)cc1. The number of carbonyl (C=O) groups is 1. The predicted molar refractivity (Wildman–Crippen MR) is 135 cm³/mol. The number of ether oxygens (including phenoxy) is 1. The lowest BCUT2D eigenvalue weighted by Crippen LogP contribution is -2.38. The molecule has 1 atom stereocenters. The van der Waals surface area contributed by atoms with Gasteiger partial charge in [-0.05, 0) is 74.9 Å². The van der Waals surface area contributed by atoms with Crippen LogP contribution in [0.15, 0.2) is 77.6 Å². The van der Waals surface area contributed by atoms with Crippen molar-refractivity contribution >= 4 is 16.8 Å². The molecule has 0 bridgehead atoms. The van der Waals surface area contributed by atoms with E-state index in [9.17, 15) is 14.0 Å². The molecule has 1 aromatic heterocycles. The third kappa shape index (κ3) is 4.94. The largest absolute Gasteiger partial charge is 0.494 e. The molecule has 0 N–H and O–H groups in total. The van der Waals surface area contributed by atoms with Crippen LogP contribution in [0.4, 0.5) is 4.39 Å². The molecule has 1 amide bonds. The van der Waals surface area contributed by atoms with Gasteiger partial charge in [0.05, 0.1) is 29.2 Å². The Balaban J connectivity index is 1.88. The molecule has 180 valence electrons. The molecule has 0 saturated carbocycles. The van der Waals surface area contributed by atoms with Crippen molar-refractivity contribution in [2.45, 2.75) is 33.2 Å². The van der Waals surface area contributed by atoms with Crippen LogP contribution in [-0.4, -0.2) is 33.5 Å². The van der Waals surface area contributed by atoms with Gasteiger partial charge >= 0.3 is 0 Å². The highest BCUT2D eigenvalue weighted by Crippen LogP contribution is 2.26. The summed E-state index contributed by atoms with van der Waals surface area (Å²) in [4.78, 5) is 33.6. The van der Waals surface area contributed by atoms with Gasteiger partial charge in [-0.15, -0.1) is 0 Å². The third-order valence-electron chi connectivity index (χ3n) is 5.85. The molecule has 0 saturated heterocycles. The van der Waals surface area contributed by atoms with Crippen molar-refractivity contribution in [1.82, 2.24) is 14.5 Å². The molecule has 0 aliphatic carbocycles. The van der Waals surface area contributed by atoms with E-state index in [1.807, 2.05) is 26.8 Å². The van der Waals surface area contributed by atoms with E-state index in [1.165, 1.54) is 18.2 Å². The van der Waals surface area contributed by atoms with E-state index in [4.69, 9.17) is 9.72 Å². The number of halogens is 1. The van der Waals surface area contributed by atoms with Crippen LogP contribution in [0.25, 0.3) is 16.6 Å². The summed E-state index contributed by atoms with van der Waals surface area (Å²) in [6.45, 7) is 6.67. The van der Waals surface area contributed by atoms with Gasteiger partial charge in [-0.2, -0.15) is 0 Å². The van der Waals surface area contributed by atoms with E-state index >= 15 is 0 Å². The van der Waals surface area contributed by atoms with Crippen molar-refractivity contribution in [2.75, 3.05) is 13.2 Å². The average Bonchev–Trinajstić information content (AvgIpc) is 2.87. The maximum atomic E-state index is 13.9. The van der Waals surface area contributed by atoms with Gasteiger partial charge in [0.1, 0.15) is 17.4 Å². The minimum Gasteiger partial charge on any atom is -0.494 e. The van der Waals surface area contributed by atoms with Crippen molar-refractivity contribution in [3.63, 3.8) is 0 Å². The molecule has 4 rings (SSSR count). The summed E-state index contributed by atoms with van der Waals surface area (Å²) >= 11 is 0. The second-order valence-electron chi connectivity index (χ2n) is 8.24. The highest BCUT2D eigenvalue weighted by Gasteiger charge is 2.27. The Bertz CT molecular complexity index is 1400. The molecule has 0 fully saturated rings. The maximum absolute atomic E-state index is 13.9. The predicted octanol–water partition coefficient (Wildman–Crippen LogP) is 5.54. The van der Waals surface area contributed by atoms with E-state index in [0.29, 0.717) is 47.7 Å². The van der Waals surface area contributed by atoms with Gasteiger partial charge < -0.3 is 9.64 Å². The zero-order valence-electron chi connectivity index (χ0n) is 20.1. The minimum atomic E-state index is -0.561. The van der Waals surface area contributed by atoms with Gasteiger partial charge in [0, 0.05) is 12.1 Å². The lowest BCUT2D eigenvalue weighted by molar-refractivity contribution is 0.0680. The summed E-state index contributed by atoms with van der Waals surface area (Å²) < 4.78 is 21.0. The van der Waals surface area contributed by atoms with Gasteiger partial charge in [0.25, 0.3) is 11.5 Å². The summed E-state index contributed by atoms with van der Waals surface area (Å²) in [7, 11) is 0. The fourth-order valence-electron chi connectivity index (χ4n) is 4.18. The van der Waals surface area contributed by atoms with Crippen LogP contribution in [0.3, 0.4) is 0 Å². The minimum absolute atomic E-state index is 0.226. The molecule has 0 spiro atoms. The number of rotatable bonds is 8. The van der Waals surface area contributed by atoms with Crippen molar-refractivity contribution in [3.8, 4) is 11.4 Å². The molecule has 0 radical (unpaired) electrons. The topological polar surface area (TPSA) is 64.4 Å². The fourth-order valence-corrected chi connectivity index (χ4v) is 4.18. The van der Waals surface area contributed by atoms with Crippen molar-refractivity contribution in [1.29, 1.82) is 0 Å². The fraction of sp³-hybridized carbons (Fsp3) is 0.250. The van der Waals surface area contributed by atoms with Gasteiger partial charge in [-0.25, -0.2) is 9.37 Å². The van der Waals surface area contributed by atoms with Crippen LogP contribution >= 0.6 is 0 Å². The van der Waals surface area contributed by atoms with Crippen LogP contribution < -0.4 is 10.3 Å². The van der Waals surface area contributed by atoms with Crippen LogP contribution in [0.1, 0.15) is 49.4 Å². The Morgan fingerprint density at radius 2 is 1.80 bits per heavy atom. The normalized spacial score (nSPS) is 11.9. The third-order valence-corrected chi connectivity index (χ3v) is 5.85. The summed E-state index contributed by atoms with van der Waals surface area (Å²) in [5, 5.41) is 0.482. The van der Waals surface area contributed by atoms with E-state index in [2.05, 4.69) is 0 Å². The van der Waals surface area contributed by atoms with E-state index in [1.54, 1.807) is 58.0 Å². The van der Waals surface area contributed by atoms with Crippen molar-refractivity contribution in [3.05, 3.63) is 100 Å². The van der Waals surface area contributed by atoms with Gasteiger partial charge in [0.2, 0.25) is 0 Å².